The van der Waals surface area contributed by atoms with Gasteiger partial charge in [0.2, 0.25) is 0 Å². The van der Waals surface area contributed by atoms with Crippen LogP contribution in [0.1, 0.15) is 54.8 Å². The predicted molar refractivity (Wildman–Crippen MR) is 144 cm³/mol. The monoisotopic (exact) mass is 510 g/mol. The zero-order valence-electron chi connectivity index (χ0n) is 21.4. The molecule has 194 valence electrons. The number of carbonyl (C=O) groups excluding carboxylic acids is 1. The molecule has 0 aliphatic heterocycles. The third kappa shape index (κ3) is 4.64. The smallest absolute Gasteiger partial charge is 0.315 e. The SMILES string of the molecule is C[C@]12Cc3cnn(-c4ccc(F)cc4)c3C=C1CC[C@@H]2CC(NC(=O)NCc1ccco1)c1ccccc1. The molecule has 3 atom stereocenters. The largest absolute Gasteiger partial charge is 0.467 e. The van der Waals surface area contributed by atoms with Crippen LogP contribution in [0.4, 0.5) is 9.18 Å². The Hall–Kier alpha value is -4.13. The van der Waals surface area contributed by atoms with Gasteiger partial charge in [-0.1, -0.05) is 42.8 Å². The number of hydrogen-bond donors (Lipinski definition) is 2. The standard InChI is InChI=1S/C31H31FN4O2/c1-31-18-22-19-34-36(26-13-11-25(32)12-14-26)29(22)17-24(31)10-9-23(31)16-28(21-6-3-2-4-7-21)35-30(37)33-20-27-8-5-15-38-27/h2-8,11-15,17,19,23,28H,9-10,16,18,20H2,1H3,(H2,33,35,37)/t23-,28?,31-/m1/s1. The predicted octanol–water partition coefficient (Wildman–Crippen LogP) is 6.59. The third-order valence-electron chi connectivity index (χ3n) is 8.25. The fourth-order valence-corrected chi connectivity index (χ4v) is 6.14. The summed E-state index contributed by atoms with van der Waals surface area (Å²) < 4.78 is 20.7. The second-order valence-corrected chi connectivity index (χ2v) is 10.5. The number of nitrogens with one attached hydrogen (secondary N) is 2. The van der Waals surface area contributed by atoms with Crippen LogP contribution < -0.4 is 10.6 Å². The highest BCUT2D eigenvalue weighted by atomic mass is 19.1. The first-order valence-electron chi connectivity index (χ1n) is 13.2. The molecule has 1 fully saturated rings. The van der Waals surface area contributed by atoms with E-state index in [-0.39, 0.29) is 23.3 Å². The Morgan fingerprint density at radius 2 is 1.97 bits per heavy atom. The second kappa shape index (κ2) is 9.97. The van der Waals surface area contributed by atoms with Crippen LogP contribution in [0.3, 0.4) is 0 Å². The van der Waals surface area contributed by atoms with Crippen molar-refractivity contribution in [1.29, 1.82) is 0 Å². The summed E-state index contributed by atoms with van der Waals surface area (Å²) in [6, 6.07) is 20.0. The van der Waals surface area contributed by atoms with Crippen molar-refractivity contribution in [3.05, 3.63) is 113 Å². The molecule has 6 rings (SSSR count). The molecule has 0 saturated heterocycles. The van der Waals surface area contributed by atoms with Gasteiger partial charge in [-0.3, -0.25) is 0 Å². The maximum Gasteiger partial charge on any atom is 0.315 e. The van der Waals surface area contributed by atoms with Crippen LogP contribution in [0.15, 0.2) is 89.2 Å². The number of fused-ring (bicyclic) bond motifs is 2. The van der Waals surface area contributed by atoms with Gasteiger partial charge in [0.05, 0.1) is 36.4 Å². The van der Waals surface area contributed by atoms with E-state index in [9.17, 15) is 9.18 Å². The molecule has 4 aromatic rings. The summed E-state index contributed by atoms with van der Waals surface area (Å²) in [6.07, 6.45) is 9.65. The Bertz CT molecular complexity index is 1440. The van der Waals surface area contributed by atoms with E-state index in [2.05, 4.69) is 40.9 Å². The molecular weight excluding hydrogens is 479 g/mol. The molecule has 2 N–H and O–H groups in total. The number of urea groups is 1. The number of hydrogen-bond acceptors (Lipinski definition) is 3. The van der Waals surface area contributed by atoms with Gasteiger partial charge in [-0.15, -0.1) is 0 Å². The van der Waals surface area contributed by atoms with Crippen LogP contribution in [0, 0.1) is 17.2 Å². The molecule has 2 aliphatic carbocycles. The van der Waals surface area contributed by atoms with Crippen LogP contribution in [-0.4, -0.2) is 15.8 Å². The Kier molecular flexibility index (Phi) is 6.35. The van der Waals surface area contributed by atoms with Crippen molar-refractivity contribution in [3.8, 4) is 5.69 Å². The topological polar surface area (TPSA) is 72.1 Å². The highest BCUT2D eigenvalue weighted by Gasteiger charge is 2.46. The van der Waals surface area contributed by atoms with Crippen LogP contribution in [0.5, 0.6) is 0 Å². The highest BCUT2D eigenvalue weighted by molar-refractivity contribution is 5.74. The number of benzene rings is 2. The molecule has 1 unspecified atom stereocenters. The molecule has 2 aliphatic rings. The van der Waals surface area contributed by atoms with Gasteiger partial charge < -0.3 is 15.1 Å². The van der Waals surface area contributed by atoms with Gasteiger partial charge in [-0.25, -0.2) is 13.9 Å². The Labute approximate surface area is 221 Å². The van der Waals surface area contributed by atoms with Crippen LogP contribution in [0.2, 0.25) is 0 Å². The normalized spacial score (nSPS) is 20.8. The van der Waals surface area contributed by atoms with E-state index in [0.717, 1.165) is 42.6 Å². The zero-order valence-corrected chi connectivity index (χ0v) is 21.4. The first kappa shape index (κ1) is 24.2. The average Bonchev–Trinajstić information content (AvgIpc) is 3.66. The van der Waals surface area contributed by atoms with Gasteiger partial charge in [-0.2, -0.15) is 5.10 Å². The molecule has 38 heavy (non-hydrogen) atoms. The quantitative estimate of drug-likeness (QED) is 0.295. The number of rotatable bonds is 7. The molecule has 0 bridgehead atoms. The molecular formula is C31H31FN4O2. The lowest BCUT2D eigenvalue weighted by Crippen LogP contribution is -2.39. The molecule has 6 nitrogen and oxygen atoms in total. The van der Waals surface area contributed by atoms with Crippen molar-refractivity contribution < 1.29 is 13.6 Å². The fraction of sp³-hybridized carbons (Fsp3) is 0.290. The van der Waals surface area contributed by atoms with Crippen molar-refractivity contribution >= 4 is 12.1 Å². The minimum atomic E-state index is -0.254. The number of furan rings is 1. The summed E-state index contributed by atoms with van der Waals surface area (Å²) in [6.45, 7) is 2.70. The summed E-state index contributed by atoms with van der Waals surface area (Å²) in [4.78, 5) is 12.9. The number of halogens is 1. The van der Waals surface area contributed by atoms with E-state index >= 15 is 0 Å². The summed E-state index contributed by atoms with van der Waals surface area (Å²) in [5.41, 5.74) is 5.66. The first-order valence-corrected chi connectivity index (χ1v) is 13.2. The maximum atomic E-state index is 13.5. The molecule has 2 heterocycles. The molecule has 1 saturated carbocycles. The van der Waals surface area contributed by atoms with Crippen molar-refractivity contribution in [3.63, 3.8) is 0 Å². The van der Waals surface area contributed by atoms with E-state index in [1.54, 1.807) is 18.4 Å². The van der Waals surface area contributed by atoms with Gasteiger partial charge >= 0.3 is 6.03 Å². The van der Waals surface area contributed by atoms with Gasteiger partial charge in [0, 0.05) is 0 Å². The minimum absolute atomic E-state index is 0.0109. The lowest BCUT2D eigenvalue weighted by Gasteiger charge is -2.37. The van der Waals surface area contributed by atoms with E-state index in [0.29, 0.717) is 18.2 Å². The number of carbonyl (C=O) groups is 1. The van der Waals surface area contributed by atoms with Crippen LogP contribution in [-0.2, 0) is 13.0 Å². The van der Waals surface area contributed by atoms with E-state index in [1.807, 2.05) is 41.2 Å². The van der Waals surface area contributed by atoms with Gasteiger partial charge in [0.15, 0.2) is 0 Å². The summed E-state index contributed by atoms with van der Waals surface area (Å²) in [7, 11) is 0. The number of allylic oxidation sites excluding steroid dienone is 1. The lowest BCUT2D eigenvalue weighted by molar-refractivity contribution is 0.215. The maximum absolute atomic E-state index is 13.5. The molecule has 2 aromatic carbocycles. The van der Waals surface area contributed by atoms with E-state index in [4.69, 9.17) is 4.42 Å². The van der Waals surface area contributed by atoms with Crippen LogP contribution in [0.25, 0.3) is 11.8 Å². The van der Waals surface area contributed by atoms with Crippen molar-refractivity contribution in [2.75, 3.05) is 0 Å². The fourth-order valence-electron chi connectivity index (χ4n) is 6.14. The third-order valence-corrected chi connectivity index (χ3v) is 8.25. The molecule has 0 spiro atoms. The summed E-state index contributed by atoms with van der Waals surface area (Å²) in [5, 5.41) is 10.8. The van der Waals surface area contributed by atoms with Crippen LogP contribution >= 0.6 is 0 Å². The Morgan fingerprint density at radius 3 is 2.74 bits per heavy atom. The molecule has 2 amide bonds. The number of nitrogens with zero attached hydrogens (tertiary/aromatic N) is 2. The summed E-state index contributed by atoms with van der Waals surface area (Å²) in [5.74, 6) is 0.857. The Morgan fingerprint density at radius 1 is 1.16 bits per heavy atom. The zero-order chi connectivity index (χ0) is 26.1. The van der Waals surface area contributed by atoms with E-state index < -0.39 is 0 Å². The van der Waals surface area contributed by atoms with Crippen molar-refractivity contribution in [1.82, 2.24) is 20.4 Å². The van der Waals surface area contributed by atoms with Crippen molar-refractivity contribution in [2.24, 2.45) is 11.3 Å². The minimum Gasteiger partial charge on any atom is -0.467 e. The second-order valence-electron chi connectivity index (χ2n) is 10.5. The number of amides is 2. The van der Waals surface area contributed by atoms with E-state index in [1.165, 1.54) is 23.3 Å². The Balaban J connectivity index is 1.22. The van der Waals surface area contributed by atoms with Gasteiger partial charge in [0.1, 0.15) is 11.6 Å². The molecule has 7 heteroatoms. The first-order chi connectivity index (χ1) is 18.5. The lowest BCUT2D eigenvalue weighted by atomic mass is 9.68. The summed E-state index contributed by atoms with van der Waals surface area (Å²) >= 11 is 0. The van der Waals surface area contributed by atoms with Crippen molar-refractivity contribution in [2.45, 2.75) is 45.2 Å². The van der Waals surface area contributed by atoms with Gasteiger partial charge in [0.25, 0.3) is 0 Å². The number of aromatic nitrogens is 2. The molecule has 2 aromatic heterocycles. The average molecular weight is 511 g/mol. The highest BCUT2D eigenvalue weighted by Crippen LogP contribution is 2.55. The molecule has 0 radical (unpaired) electrons. The van der Waals surface area contributed by atoms with Gasteiger partial charge in [-0.05, 0) is 90.6 Å².